The fraction of sp³-hybridized carbons (Fsp3) is 0.235. The third-order valence-electron chi connectivity index (χ3n) is 3.17. The van der Waals surface area contributed by atoms with Crippen molar-refractivity contribution >= 4 is 17.8 Å². The van der Waals surface area contributed by atoms with Gasteiger partial charge in [0.1, 0.15) is 6.54 Å². The molecule has 98 valence electrons. The van der Waals surface area contributed by atoms with Gasteiger partial charge in [0.25, 0.3) is 0 Å². The van der Waals surface area contributed by atoms with Gasteiger partial charge in [-0.3, -0.25) is 0 Å². The number of aromatic nitrogens is 1. The fourth-order valence-electron chi connectivity index (χ4n) is 2.14. The van der Waals surface area contributed by atoms with Gasteiger partial charge in [0.2, 0.25) is 5.69 Å². The van der Waals surface area contributed by atoms with Crippen molar-refractivity contribution in [2.75, 3.05) is 19.0 Å². The molecule has 0 saturated heterocycles. The number of rotatable bonds is 4. The zero-order chi connectivity index (χ0) is 13.7. The van der Waals surface area contributed by atoms with Crippen LogP contribution in [0.2, 0.25) is 0 Å². The molecule has 0 amide bonds. The molecule has 0 saturated carbocycles. The Balaban J connectivity index is 2.33. The van der Waals surface area contributed by atoms with Gasteiger partial charge in [0.05, 0.1) is 0 Å². The molecule has 0 bridgehead atoms. The van der Waals surface area contributed by atoms with Crippen LogP contribution < -0.4 is 9.47 Å². The van der Waals surface area contributed by atoms with Crippen molar-refractivity contribution in [1.82, 2.24) is 0 Å². The molecule has 0 aliphatic rings. The number of benzene rings is 1. The van der Waals surface area contributed by atoms with Crippen LogP contribution in [0.3, 0.4) is 0 Å². The van der Waals surface area contributed by atoms with E-state index >= 15 is 0 Å². The Morgan fingerprint density at radius 3 is 2.47 bits per heavy atom. The number of aryl methyl sites for hydroxylation is 1. The van der Waals surface area contributed by atoms with Crippen molar-refractivity contribution in [2.24, 2.45) is 0 Å². The van der Waals surface area contributed by atoms with E-state index in [9.17, 15) is 0 Å². The van der Waals surface area contributed by atoms with Crippen molar-refractivity contribution in [2.45, 2.75) is 13.5 Å². The molecule has 2 nitrogen and oxygen atoms in total. The minimum Gasteiger partial charge on any atom is -0.377 e. The predicted octanol–water partition coefficient (Wildman–Crippen LogP) is 3.23. The van der Waals surface area contributed by atoms with Crippen LogP contribution in [0.25, 0.3) is 12.2 Å². The van der Waals surface area contributed by atoms with Gasteiger partial charge in [-0.25, -0.2) is 0 Å². The van der Waals surface area contributed by atoms with Crippen LogP contribution in [0.1, 0.15) is 18.2 Å². The Morgan fingerprint density at radius 2 is 1.74 bits per heavy atom. The van der Waals surface area contributed by atoms with Crippen molar-refractivity contribution in [1.29, 1.82) is 0 Å². The summed E-state index contributed by atoms with van der Waals surface area (Å²) in [5, 5.41) is 0. The third-order valence-corrected chi connectivity index (χ3v) is 3.17. The minimum atomic E-state index is 0.982. The molecular weight excluding hydrogens is 232 g/mol. The molecule has 1 heterocycles. The molecular formula is C17H21N2+. The lowest BCUT2D eigenvalue weighted by molar-refractivity contribution is -0.695. The smallest absolute Gasteiger partial charge is 0.205 e. The summed E-state index contributed by atoms with van der Waals surface area (Å²) in [4.78, 5) is 2.14. The number of hydrogen-bond acceptors (Lipinski definition) is 1. The Kier molecular flexibility index (Phi) is 4.35. The SMILES string of the molecule is CC[n+]1ccccc1/C=C/c1ccccc1N(C)C. The first kappa shape index (κ1) is 13.3. The van der Waals surface area contributed by atoms with Gasteiger partial charge in [0, 0.05) is 38.0 Å². The summed E-state index contributed by atoms with van der Waals surface area (Å²) >= 11 is 0. The van der Waals surface area contributed by atoms with Gasteiger partial charge in [-0.2, -0.15) is 4.57 Å². The quantitative estimate of drug-likeness (QED) is 0.759. The maximum absolute atomic E-state index is 2.23. The molecule has 2 aromatic rings. The first-order valence-electron chi connectivity index (χ1n) is 6.65. The molecule has 0 atom stereocenters. The van der Waals surface area contributed by atoms with E-state index in [1.54, 1.807) is 0 Å². The molecule has 1 aromatic heterocycles. The van der Waals surface area contributed by atoms with E-state index in [1.807, 2.05) is 0 Å². The Hall–Kier alpha value is -2.09. The van der Waals surface area contributed by atoms with Crippen molar-refractivity contribution in [3.8, 4) is 0 Å². The van der Waals surface area contributed by atoms with Gasteiger partial charge < -0.3 is 4.90 Å². The van der Waals surface area contributed by atoms with Crippen molar-refractivity contribution < 1.29 is 4.57 Å². The van der Waals surface area contributed by atoms with Crippen molar-refractivity contribution in [3.63, 3.8) is 0 Å². The lowest BCUT2D eigenvalue weighted by Crippen LogP contribution is -2.34. The van der Waals surface area contributed by atoms with Crippen LogP contribution in [0.15, 0.2) is 48.7 Å². The zero-order valence-corrected chi connectivity index (χ0v) is 11.9. The molecule has 2 heteroatoms. The number of para-hydroxylation sites is 1. The first-order chi connectivity index (χ1) is 9.22. The molecule has 2 rings (SSSR count). The van der Waals surface area contributed by atoms with Crippen LogP contribution in [0.5, 0.6) is 0 Å². The summed E-state index contributed by atoms with van der Waals surface area (Å²) in [6, 6.07) is 14.7. The topological polar surface area (TPSA) is 7.12 Å². The largest absolute Gasteiger partial charge is 0.377 e. The lowest BCUT2D eigenvalue weighted by Gasteiger charge is -2.15. The van der Waals surface area contributed by atoms with E-state index < -0.39 is 0 Å². The maximum Gasteiger partial charge on any atom is 0.205 e. The van der Waals surface area contributed by atoms with E-state index in [4.69, 9.17) is 0 Å². The Morgan fingerprint density at radius 1 is 1.00 bits per heavy atom. The minimum absolute atomic E-state index is 0.982. The molecule has 0 spiro atoms. The molecule has 0 fully saturated rings. The number of hydrogen-bond donors (Lipinski definition) is 0. The van der Waals surface area contributed by atoms with Crippen molar-refractivity contribution in [3.05, 3.63) is 59.9 Å². The summed E-state index contributed by atoms with van der Waals surface area (Å²) in [6.45, 7) is 3.14. The standard InChI is InChI=1S/C17H21N2/c1-4-19-14-8-7-10-16(19)13-12-15-9-5-6-11-17(15)18(2)3/h5-14H,4H2,1-3H3/q+1. The van der Waals surface area contributed by atoms with Gasteiger partial charge >= 0.3 is 0 Å². The highest BCUT2D eigenvalue weighted by molar-refractivity contribution is 5.75. The molecule has 0 aliphatic carbocycles. The average Bonchev–Trinajstić information content (AvgIpc) is 2.45. The van der Waals surface area contributed by atoms with Crippen LogP contribution >= 0.6 is 0 Å². The van der Waals surface area contributed by atoms with Gasteiger partial charge in [-0.05, 0) is 30.7 Å². The highest BCUT2D eigenvalue weighted by atomic mass is 15.1. The summed E-state index contributed by atoms with van der Waals surface area (Å²) in [7, 11) is 4.14. The van der Waals surface area contributed by atoms with Crippen LogP contribution in [0, 0.1) is 0 Å². The highest BCUT2D eigenvalue weighted by Crippen LogP contribution is 2.19. The second-order valence-electron chi connectivity index (χ2n) is 4.70. The second-order valence-corrected chi connectivity index (χ2v) is 4.70. The summed E-state index contributed by atoms with van der Waals surface area (Å²) in [6.07, 6.45) is 6.46. The zero-order valence-electron chi connectivity index (χ0n) is 11.9. The predicted molar refractivity (Wildman–Crippen MR) is 82.0 cm³/mol. The number of pyridine rings is 1. The van der Waals surface area contributed by atoms with Gasteiger partial charge in [-0.15, -0.1) is 0 Å². The van der Waals surface area contributed by atoms with Crippen LogP contribution in [0.4, 0.5) is 5.69 Å². The Labute approximate surface area is 115 Å². The number of anilines is 1. The second kappa shape index (κ2) is 6.19. The fourth-order valence-corrected chi connectivity index (χ4v) is 2.14. The van der Waals surface area contributed by atoms with E-state index in [0.717, 1.165) is 6.54 Å². The van der Waals surface area contributed by atoms with E-state index in [0.29, 0.717) is 0 Å². The third kappa shape index (κ3) is 3.22. The average molecular weight is 253 g/mol. The van der Waals surface area contributed by atoms with Gasteiger partial charge in [0.15, 0.2) is 6.20 Å². The van der Waals surface area contributed by atoms with Crippen LogP contribution in [-0.2, 0) is 6.54 Å². The molecule has 0 aliphatic heterocycles. The Bertz CT molecular complexity index is 571. The molecule has 1 aromatic carbocycles. The number of nitrogens with zero attached hydrogens (tertiary/aromatic N) is 2. The van der Waals surface area contributed by atoms with E-state index in [1.165, 1.54) is 16.9 Å². The lowest BCUT2D eigenvalue weighted by atomic mass is 10.1. The molecule has 0 N–H and O–H groups in total. The molecule has 19 heavy (non-hydrogen) atoms. The molecule has 0 unspecified atom stereocenters. The maximum atomic E-state index is 2.23. The van der Waals surface area contributed by atoms with Crippen LogP contribution in [-0.4, -0.2) is 14.1 Å². The highest BCUT2D eigenvalue weighted by Gasteiger charge is 2.04. The summed E-state index contributed by atoms with van der Waals surface area (Å²) in [5.41, 5.74) is 3.69. The van der Waals surface area contributed by atoms with E-state index in [-0.39, 0.29) is 0 Å². The summed E-state index contributed by atoms with van der Waals surface area (Å²) in [5.74, 6) is 0. The first-order valence-corrected chi connectivity index (χ1v) is 6.65. The van der Waals surface area contributed by atoms with E-state index in [2.05, 4.69) is 91.3 Å². The molecule has 0 radical (unpaired) electrons. The normalized spacial score (nSPS) is 10.9. The van der Waals surface area contributed by atoms with Gasteiger partial charge in [-0.1, -0.05) is 18.2 Å². The monoisotopic (exact) mass is 253 g/mol. The summed E-state index contributed by atoms with van der Waals surface area (Å²) < 4.78 is 2.23.